The monoisotopic (exact) mass is 320 g/mol. The lowest BCUT2D eigenvalue weighted by Gasteiger charge is -2.36. The standard InChI is InChI=1S/C17H24N2O4/c1-17(2,3)23-16(21)19-10-6-5-7-14(19)12-8-9-13(18-11-12)15(20)22-4/h8-9,11,14H,5-7,10H2,1-4H3. The first-order valence-corrected chi connectivity index (χ1v) is 7.85. The van der Waals surface area contributed by atoms with Gasteiger partial charge >= 0.3 is 12.1 Å². The van der Waals surface area contributed by atoms with Gasteiger partial charge in [-0.2, -0.15) is 0 Å². The summed E-state index contributed by atoms with van der Waals surface area (Å²) in [6, 6.07) is 3.38. The number of amides is 1. The molecule has 1 unspecified atom stereocenters. The molecule has 0 radical (unpaired) electrons. The van der Waals surface area contributed by atoms with Gasteiger partial charge in [0, 0.05) is 12.7 Å². The SMILES string of the molecule is COC(=O)c1ccc(C2CCCCN2C(=O)OC(C)(C)C)cn1. The van der Waals surface area contributed by atoms with Crippen LogP contribution in [0.15, 0.2) is 18.3 Å². The molecule has 1 aliphatic heterocycles. The summed E-state index contributed by atoms with van der Waals surface area (Å²) in [6.45, 7) is 6.24. The molecule has 1 aromatic rings. The second kappa shape index (κ2) is 6.98. The Morgan fingerprint density at radius 3 is 2.57 bits per heavy atom. The van der Waals surface area contributed by atoms with Gasteiger partial charge in [0.25, 0.3) is 0 Å². The Hall–Kier alpha value is -2.11. The van der Waals surface area contributed by atoms with E-state index in [4.69, 9.17) is 4.74 Å². The number of piperidine rings is 1. The fourth-order valence-electron chi connectivity index (χ4n) is 2.64. The van der Waals surface area contributed by atoms with Crippen molar-refractivity contribution in [3.63, 3.8) is 0 Å². The number of esters is 1. The van der Waals surface area contributed by atoms with Crippen molar-refractivity contribution in [1.82, 2.24) is 9.88 Å². The number of nitrogens with zero attached hydrogens (tertiary/aromatic N) is 2. The highest BCUT2D eigenvalue weighted by Crippen LogP contribution is 2.31. The smallest absolute Gasteiger partial charge is 0.410 e. The van der Waals surface area contributed by atoms with E-state index in [9.17, 15) is 9.59 Å². The zero-order valence-electron chi connectivity index (χ0n) is 14.2. The predicted molar refractivity (Wildman–Crippen MR) is 85.1 cm³/mol. The minimum absolute atomic E-state index is 0.0715. The van der Waals surface area contributed by atoms with Crippen LogP contribution in [0.4, 0.5) is 4.79 Å². The molecule has 1 aromatic heterocycles. The molecule has 0 bridgehead atoms. The van der Waals surface area contributed by atoms with Gasteiger partial charge in [-0.25, -0.2) is 14.6 Å². The van der Waals surface area contributed by atoms with E-state index in [1.807, 2.05) is 26.8 Å². The van der Waals surface area contributed by atoms with Crippen molar-refractivity contribution in [1.29, 1.82) is 0 Å². The van der Waals surface area contributed by atoms with E-state index >= 15 is 0 Å². The summed E-state index contributed by atoms with van der Waals surface area (Å²) in [5, 5.41) is 0. The van der Waals surface area contributed by atoms with E-state index < -0.39 is 11.6 Å². The minimum atomic E-state index is -0.522. The lowest BCUT2D eigenvalue weighted by Crippen LogP contribution is -2.41. The minimum Gasteiger partial charge on any atom is -0.464 e. The quantitative estimate of drug-likeness (QED) is 0.782. The number of pyridine rings is 1. The van der Waals surface area contributed by atoms with Crippen LogP contribution in [0.1, 0.15) is 62.1 Å². The van der Waals surface area contributed by atoms with Crippen LogP contribution in [0.5, 0.6) is 0 Å². The Bertz CT molecular complexity index is 563. The average Bonchev–Trinajstić information content (AvgIpc) is 2.52. The van der Waals surface area contributed by atoms with Crippen LogP contribution in [0.3, 0.4) is 0 Å². The number of hydrogen-bond donors (Lipinski definition) is 0. The third-order valence-electron chi connectivity index (χ3n) is 3.70. The fourth-order valence-corrected chi connectivity index (χ4v) is 2.64. The highest BCUT2D eigenvalue weighted by atomic mass is 16.6. The lowest BCUT2D eigenvalue weighted by atomic mass is 9.96. The molecular weight excluding hydrogens is 296 g/mol. The number of ether oxygens (including phenoxy) is 2. The highest BCUT2D eigenvalue weighted by molar-refractivity contribution is 5.87. The number of hydrogen-bond acceptors (Lipinski definition) is 5. The van der Waals surface area contributed by atoms with Crippen LogP contribution in [0, 0.1) is 0 Å². The average molecular weight is 320 g/mol. The molecule has 1 fully saturated rings. The summed E-state index contributed by atoms with van der Waals surface area (Å²) in [4.78, 5) is 29.8. The molecular formula is C17H24N2O4. The summed E-state index contributed by atoms with van der Waals surface area (Å²) in [7, 11) is 1.32. The van der Waals surface area contributed by atoms with Crippen LogP contribution in [-0.4, -0.2) is 41.2 Å². The van der Waals surface area contributed by atoms with Crippen molar-refractivity contribution in [3.05, 3.63) is 29.6 Å². The number of carbonyl (C=O) groups is 2. The lowest BCUT2D eigenvalue weighted by molar-refractivity contribution is 0.00943. The maximum atomic E-state index is 12.4. The number of rotatable bonds is 2. The maximum absolute atomic E-state index is 12.4. The third-order valence-corrected chi connectivity index (χ3v) is 3.70. The van der Waals surface area contributed by atoms with Gasteiger partial charge < -0.3 is 14.4 Å². The van der Waals surface area contributed by atoms with E-state index in [1.54, 1.807) is 17.2 Å². The summed E-state index contributed by atoms with van der Waals surface area (Å²) in [6.07, 6.45) is 4.20. The molecule has 1 atom stereocenters. The largest absolute Gasteiger partial charge is 0.464 e. The molecule has 6 heteroatoms. The van der Waals surface area contributed by atoms with Gasteiger partial charge in [0.1, 0.15) is 11.3 Å². The van der Waals surface area contributed by atoms with Gasteiger partial charge in [-0.15, -0.1) is 0 Å². The van der Waals surface area contributed by atoms with E-state index in [0.29, 0.717) is 6.54 Å². The number of methoxy groups -OCH3 is 1. The molecule has 2 heterocycles. The van der Waals surface area contributed by atoms with E-state index in [-0.39, 0.29) is 17.8 Å². The summed E-state index contributed by atoms with van der Waals surface area (Å²) < 4.78 is 10.2. The molecule has 126 valence electrons. The topological polar surface area (TPSA) is 68.7 Å². The Kier molecular flexibility index (Phi) is 5.23. The Morgan fingerprint density at radius 1 is 1.26 bits per heavy atom. The summed E-state index contributed by atoms with van der Waals surface area (Å²) in [5.41, 5.74) is 0.644. The van der Waals surface area contributed by atoms with E-state index in [1.165, 1.54) is 7.11 Å². The predicted octanol–water partition coefficient (Wildman–Crippen LogP) is 3.33. The number of aromatic nitrogens is 1. The van der Waals surface area contributed by atoms with Crippen molar-refractivity contribution in [2.75, 3.05) is 13.7 Å². The van der Waals surface area contributed by atoms with Crippen molar-refractivity contribution < 1.29 is 19.1 Å². The van der Waals surface area contributed by atoms with E-state index in [2.05, 4.69) is 9.72 Å². The van der Waals surface area contributed by atoms with Crippen LogP contribution in [0.25, 0.3) is 0 Å². The molecule has 0 aliphatic carbocycles. The van der Waals surface area contributed by atoms with Gasteiger partial charge in [0.15, 0.2) is 0 Å². The van der Waals surface area contributed by atoms with Gasteiger partial charge in [-0.1, -0.05) is 6.07 Å². The van der Waals surface area contributed by atoms with Crippen molar-refractivity contribution in [3.8, 4) is 0 Å². The van der Waals surface area contributed by atoms with Gasteiger partial charge in [0.05, 0.1) is 13.2 Å². The molecule has 2 rings (SSSR count). The van der Waals surface area contributed by atoms with Gasteiger partial charge in [0.2, 0.25) is 0 Å². The normalized spacial score (nSPS) is 18.4. The van der Waals surface area contributed by atoms with Crippen LogP contribution >= 0.6 is 0 Å². The van der Waals surface area contributed by atoms with Crippen LogP contribution in [0.2, 0.25) is 0 Å². The molecule has 1 aliphatic rings. The third kappa shape index (κ3) is 4.43. The summed E-state index contributed by atoms with van der Waals surface area (Å²) in [5.74, 6) is -0.468. The molecule has 0 saturated carbocycles. The maximum Gasteiger partial charge on any atom is 0.410 e. The molecule has 1 amide bonds. The molecule has 0 N–H and O–H groups in total. The molecule has 6 nitrogen and oxygen atoms in total. The van der Waals surface area contributed by atoms with Crippen LogP contribution in [-0.2, 0) is 9.47 Å². The highest BCUT2D eigenvalue weighted by Gasteiger charge is 2.31. The molecule has 23 heavy (non-hydrogen) atoms. The Morgan fingerprint density at radius 2 is 2.00 bits per heavy atom. The van der Waals surface area contributed by atoms with Crippen molar-refractivity contribution >= 4 is 12.1 Å². The van der Waals surface area contributed by atoms with Crippen molar-refractivity contribution in [2.24, 2.45) is 0 Å². The van der Waals surface area contributed by atoms with Crippen LogP contribution < -0.4 is 0 Å². The first kappa shape index (κ1) is 17.2. The zero-order chi connectivity index (χ0) is 17.0. The second-order valence-electron chi connectivity index (χ2n) is 6.65. The fraction of sp³-hybridized carbons (Fsp3) is 0.588. The Labute approximate surface area is 136 Å². The van der Waals surface area contributed by atoms with Gasteiger partial charge in [-0.05, 0) is 51.7 Å². The molecule has 1 saturated heterocycles. The molecule has 0 aromatic carbocycles. The Balaban J connectivity index is 2.17. The van der Waals surface area contributed by atoms with E-state index in [0.717, 1.165) is 24.8 Å². The number of likely N-dealkylation sites (tertiary alicyclic amines) is 1. The van der Waals surface area contributed by atoms with Gasteiger partial charge in [-0.3, -0.25) is 0 Å². The number of carbonyl (C=O) groups excluding carboxylic acids is 2. The van der Waals surface area contributed by atoms with Crippen molar-refractivity contribution in [2.45, 2.75) is 51.7 Å². The second-order valence-corrected chi connectivity index (χ2v) is 6.65. The first-order valence-electron chi connectivity index (χ1n) is 7.85. The first-order chi connectivity index (χ1) is 10.8. The molecule has 0 spiro atoms. The summed E-state index contributed by atoms with van der Waals surface area (Å²) >= 11 is 0. The zero-order valence-corrected chi connectivity index (χ0v) is 14.2.